The first kappa shape index (κ1) is 10.1. The number of nitrogens with zero attached hydrogens (tertiary/aromatic N) is 2. The molecule has 6 heteroatoms. The third-order valence-corrected chi connectivity index (χ3v) is 3.44. The van der Waals surface area contributed by atoms with Gasteiger partial charge in [0, 0.05) is 24.2 Å². The van der Waals surface area contributed by atoms with E-state index in [1.54, 1.807) is 13.2 Å². The van der Waals surface area contributed by atoms with Crippen molar-refractivity contribution in [1.29, 1.82) is 0 Å². The number of rotatable bonds is 1. The van der Waals surface area contributed by atoms with Crippen molar-refractivity contribution in [2.24, 2.45) is 0 Å². The molecular formula is C9H11N3O2S. The summed E-state index contributed by atoms with van der Waals surface area (Å²) >= 11 is 1.32. The first-order valence-electron chi connectivity index (χ1n) is 4.51. The Kier molecular flexibility index (Phi) is 2.22. The second-order valence-corrected chi connectivity index (χ2v) is 4.43. The summed E-state index contributed by atoms with van der Waals surface area (Å²) in [5.41, 5.74) is 0.324. The fourth-order valence-electron chi connectivity index (χ4n) is 1.67. The van der Waals surface area contributed by atoms with Gasteiger partial charge in [0.25, 0.3) is 0 Å². The smallest absolute Gasteiger partial charge is 0.317 e. The highest BCUT2D eigenvalue weighted by atomic mass is 32.1. The van der Waals surface area contributed by atoms with Crippen molar-refractivity contribution in [3.05, 3.63) is 17.1 Å². The lowest BCUT2D eigenvalue weighted by molar-refractivity contribution is -0.124. The lowest BCUT2D eigenvalue weighted by Crippen LogP contribution is -2.57. The van der Waals surface area contributed by atoms with Gasteiger partial charge in [-0.15, -0.1) is 0 Å². The number of hydrogen-bond acceptors (Lipinski definition) is 4. The third kappa shape index (κ3) is 1.50. The molecule has 2 rings (SSSR count). The zero-order valence-electron chi connectivity index (χ0n) is 8.48. The lowest BCUT2D eigenvalue weighted by Gasteiger charge is -2.41. The van der Waals surface area contributed by atoms with Gasteiger partial charge < -0.3 is 4.90 Å². The van der Waals surface area contributed by atoms with E-state index < -0.39 is 5.54 Å². The third-order valence-electron chi connectivity index (χ3n) is 2.85. The molecule has 5 nitrogen and oxygen atoms in total. The minimum atomic E-state index is -0.577. The average Bonchev–Trinajstić information content (AvgIpc) is 2.67. The van der Waals surface area contributed by atoms with Crippen LogP contribution in [0, 0.1) is 0 Å². The molecule has 15 heavy (non-hydrogen) atoms. The maximum Gasteiger partial charge on any atom is 0.324 e. The summed E-state index contributed by atoms with van der Waals surface area (Å²) in [6.07, 6.45) is 1.97. The Morgan fingerprint density at radius 3 is 2.93 bits per heavy atom. The number of hydrogen-bond donors (Lipinski definition) is 1. The van der Waals surface area contributed by atoms with Crippen molar-refractivity contribution in [3.8, 4) is 0 Å². The van der Waals surface area contributed by atoms with E-state index in [1.807, 2.05) is 12.3 Å². The molecule has 0 bridgehead atoms. The Balaban J connectivity index is 2.41. The molecule has 1 N–H and O–H groups in total. The molecule has 1 aliphatic rings. The number of aromatic nitrogens is 1. The summed E-state index contributed by atoms with van der Waals surface area (Å²) in [7, 11) is 1.68. The van der Waals surface area contributed by atoms with Gasteiger partial charge in [0.1, 0.15) is 0 Å². The van der Waals surface area contributed by atoms with Gasteiger partial charge in [-0.25, -0.2) is 9.17 Å². The van der Waals surface area contributed by atoms with Crippen molar-refractivity contribution in [3.63, 3.8) is 0 Å². The van der Waals surface area contributed by atoms with Gasteiger partial charge in [0.05, 0.1) is 12.0 Å². The maximum atomic E-state index is 11.5. The van der Waals surface area contributed by atoms with Crippen LogP contribution in [0.3, 0.4) is 0 Å². The summed E-state index contributed by atoms with van der Waals surface area (Å²) < 4.78 is 4.00. The quantitative estimate of drug-likeness (QED) is 0.773. The van der Waals surface area contributed by atoms with Crippen LogP contribution in [0.2, 0.25) is 0 Å². The SMILES string of the molecule is CN1C(=O)NC(=O)CC1(C)c1cnsc1. The molecule has 1 aromatic rings. The highest BCUT2D eigenvalue weighted by molar-refractivity contribution is 7.03. The van der Waals surface area contributed by atoms with Crippen LogP contribution in [0.15, 0.2) is 11.6 Å². The van der Waals surface area contributed by atoms with E-state index in [0.717, 1.165) is 5.56 Å². The second kappa shape index (κ2) is 3.30. The first-order valence-corrected chi connectivity index (χ1v) is 5.35. The fourth-order valence-corrected chi connectivity index (χ4v) is 2.33. The summed E-state index contributed by atoms with van der Waals surface area (Å²) in [5, 5.41) is 4.14. The monoisotopic (exact) mass is 225 g/mol. The summed E-state index contributed by atoms with van der Waals surface area (Å²) in [6, 6.07) is -0.361. The Morgan fingerprint density at radius 2 is 2.33 bits per heavy atom. The Bertz CT molecular complexity index is 403. The summed E-state index contributed by atoms with van der Waals surface area (Å²) in [6.45, 7) is 1.87. The number of nitrogens with one attached hydrogen (secondary N) is 1. The summed E-state index contributed by atoms with van der Waals surface area (Å²) in [4.78, 5) is 24.4. The highest BCUT2D eigenvalue weighted by Crippen LogP contribution is 2.33. The molecule has 1 aromatic heterocycles. The molecule has 1 aliphatic heterocycles. The molecule has 0 radical (unpaired) electrons. The van der Waals surface area contributed by atoms with Crippen LogP contribution in [0.1, 0.15) is 18.9 Å². The van der Waals surface area contributed by atoms with Crippen molar-refractivity contribution < 1.29 is 9.59 Å². The topological polar surface area (TPSA) is 62.3 Å². The van der Waals surface area contributed by atoms with Crippen LogP contribution < -0.4 is 5.32 Å². The minimum absolute atomic E-state index is 0.244. The van der Waals surface area contributed by atoms with Crippen LogP contribution in [-0.4, -0.2) is 28.3 Å². The van der Waals surface area contributed by atoms with Crippen molar-refractivity contribution in [2.75, 3.05) is 7.05 Å². The van der Waals surface area contributed by atoms with Crippen LogP contribution in [0.25, 0.3) is 0 Å². The van der Waals surface area contributed by atoms with Crippen LogP contribution in [-0.2, 0) is 10.3 Å². The first-order chi connectivity index (χ1) is 7.04. The van der Waals surface area contributed by atoms with E-state index in [4.69, 9.17) is 0 Å². The van der Waals surface area contributed by atoms with E-state index in [0.29, 0.717) is 0 Å². The number of carbonyl (C=O) groups is 2. The molecular weight excluding hydrogens is 214 g/mol. The van der Waals surface area contributed by atoms with Gasteiger partial charge in [0.15, 0.2) is 0 Å². The molecule has 0 aliphatic carbocycles. The van der Waals surface area contributed by atoms with E-state index >= 15 is 0 Å². The predicted molar refractivity (Wildman–Crippen MR) is 55.4 cm³/mol. The predicted octanol–water partition coefficient (Wildman–Crippen LogP) is 0.930. The van der Waals surface area contributed by atoms with Crippen LogP contribution in [0.5, 0.6) is 0 Å². The van der Waals surface area contributed by atoms with Crippen molar-refractivity contribution >= 4 is 23.5 Å². The average molecular weight is 225 g/mol. The molecule has 1 saturated heterocycles. The van der Waals surface area contributed by atoms with Crippen LogP contribution in [0.4, 0.5) is 4.79 Å². The van der Waals surface area contributed by atoms with Gasteiger partial charge in [-0.3, -0.25) is 10.1 Å². The van der Waals surface area contributed by atoms with Gasteiger partial charge in [0.2, 0.25) is 5.91 Å². The molecule has 1 unspecified atom stereocenters. The zero-order valence-corrected chi connectivity index (χ0v) is 9.30. The molecule has 1 atom stereocenters. The van der Waals surface area contributed by atoms with Crippen molar-refractivity contribution in [1.82, 2.24) is 14.6 Å². The molecule has 0 saturated carbocycles. The standard InChI is InChI=1S/C9H11N3O2S/c1-9(6-4-10-15-5-6)3-7(13)11-8(14)12(9)2/h4-5H,3H2,1-2H3,(H,11,13,14). The Labute approximate surface area is 91.2 Å². The van der Waals surface area contributed by atoms with Crippen molar-refractivity contribution in [2.45, 2.75) is 18.9 Å². The molecule has 2 heterocycles. The largest absolute Gasteiger partial charge is 0.324 e. The highest BCUT2D eigenvalue weighted by Gasteiger charge is 2.41. The van der Waals surface area contributed by atoms with E-state index in [9.17, 15) is 9.59 Å². The van der Waals surface area contributed by atoms with E-state index in [-0.39, 0.29) is 18.4 Å². The maximum absolute atomic E-state index is 11.5. The molecule has 0 aromatic carbocycles. The zero-order chi connectivity index (χ0) is 11.1. The normalized spacial score (nSPS) is 26.7. The number of carbonyl (C=O) groups excluding carboxylic acids is 2. The van der Waals surface area contributed by atoms with E-state index in [2.05, 4.69) is 9.69 Å². The van der Waals surface area contributed by atoms with E-state index in [1.165, 1.54) is 16.4 Å². The fraction of sp³-hybridized carbons (Fsp3) is 0.444. The molecule has 3 amide bonds. The van der Waals surface area contributed by atoms with Gasteiger partial charge in [-0.2, -0.15) is 0 Å². The molecule has 1 fully saturated rings. The molecule has 80 valence electrons. The van der Waals surface area contributed by atoms with Crippen LogP contribution >= 0.6 is 11.5 Å². The second-order valence-electron chi connectivity index (χ2n) is 3.78. The molecule has 0 spiro atoms. The number of imide groups is 1. The number of urea groups is 1. The number of amides is 3. The van der Waals surface area contributed by atoms with Gasteiger partial charge >= 0.3 is 6.03 Å². The minimum Gasteiger partial charge on any atom is -0.317 e. The Morgan fingerprint density at radius 1 is 1.60 bits per heavy atom. The Hall–Kier alpha value is -1.43. The summed E-state index contributed by atoms with van der Waals surface area (Å²) in [5.74, 6) is -0.244. The lowest BCUT2D eigenvalue weighted by atomic mass is 9.88. The van der Waals surface area contributed by atoms with Gasteiger partial charge in [-0.1, -0.05) is 0 Å². The van der Waals surface area contributed by atoms with Gasteiger partial charge in [-0.05, 0) is 18.5 Å².